The maximum Gasteiger partial charge on any atom is 0.338 e. The number of carbonyl (C=O) groups is 1. The number of dihydropyridines is 1. The van der Waals surface area contributed by atoms with Gasteiger partial charge in [-0.2, -0.15) is 9.61 Å². The van der Waals surface area contributed by atoms with E-state index in [1.807, 2.05) is 36.9 Å². The molecule has 1 unspecified atom stereocenters. The molecular weight excluding hydrogens is 554 g/mol. The van der Waals surface area contributed by atoms with Crippen LogP contribution in [0.25, 0.3) is 11.2 Å². The van der Waals surface area contributed by atoms with E-state index in [4.69, 9.17) is 34.7 Å². The predicted octanol–water partition coefficient (Wildman–Crippen LogP) is 4.88. The number of anilines is 1. The van der Waals surface area contributed by atoms with Crippen LogP contribution in [0, 0.1) is 0 Å². The zero-order valence-electron chi connectivity index (χ0n) is 24.5. The quantitative estimate of drug-likeness (QED) is 0.178. The number of hydrogen-bond acceptors (Lipinski definition) is 10. The van der Waals surface area contributed by atoms with Gasteiger partial charge in [0.05, 0.1) is 42.6 Å². The van der Waals surface area contributed by atoms with Crippen LogP contribution in [0.1, 0.15) is 60.9 Å². The van der Waals surface area contributed by atoms with Gasteiger partial charge in [-0.1, -0.05) is 36.4 Å². The lowest BCUT2D eigenvalue weighted by Gasteiger charge is -2.38. The number of methoxy groups -OCH3 is 2. The number of thioether (sulfide) groups is 1. The molecule has 42 heavy (non-hydrogen) atoms. The van der Waals surface area contributed by atoms with Crippen LogP contribution in [0.3, 0.4) is 0 Å². The van der Waals surface area contributed by atoms with E-state index in [-0.39, 0.29) is 24.5 Å². The van der Waals surface area contributed by atoms with Gasteiger partial charge in [-0.05, 0) is 43.9 Å². The van der Waals surface area contributed by atoms with Crippen LogP contribution in [0.15, 0.2) is 52.5 Å². The molecule has 1 atom stereocenters. The number of aliphatic imine (C=N–C) groups is 1. The van der Waals surface area contributed by atoms with Crippen molar-refractivity contribution in [1.82, 2.24) is 14.6 Å². The van der Waals surface area contributed by atoms with E-state index in [0.717, 1.165) is 28.1 Å². The Labute approximate surface area is 250 Å². The van der Waals surface area contributed by atoms with Gasteiger partial charge < -0.3 is 24.7 Å². The first-order valence-corrected chi connectivity index (χ1v) is 15.5. The Morgan fingerprint density at radius 3 is 2.50 bits per heavy atom. The lowest BCUT2D eigenvalue weighted by Crippen LogP contribution is -2.46. The Morgan fingerprint density at radius 1 is 1.10 bits per heavy atom. The first-order valence-electron chi connectivity index (χ1n) is 14.3. The molecule has 3 aromatic rings. The van der Waals surface area contributed by atoms with Gasteiger partial charge in [-0.15, -0.1) is 11.8 Å². The summed E-state index contributed by atoms with van der Waals surface area (Å²) >= 11 is 1.57. The van der Waals surface area contributed by atoms with Crippen molar-refractivity contribution in [1.29, 1.82) is 0 Å². The zero-order chi connectivity index (χ0) is 29.5. The molecule has 0 bridgehead atoms. The highest BCUT2D eigenvalue weighted by Gasteiger charge is 2.45. The molecule has 0 radical (unpaired) electrons. The van der Waals surface area contributed by atoms with E-state index in [9.17, 15) is 4.79 Å². The highest BCUT2D eigenvalue weighted by molar-refractivity contribution is 7.98. The summed E-state index contributed by atoms with van der Waals surface area (Å²) in [5, 5.41) is 4.60. The Bertz CT molecular complexity index is 1430. The van der Waals surface area contributed by atoms with Crippen molar-refractivity contribution >= 4 is 41.0 Å². The van der Waals surface area contributed by atoms with Crippen molar-refractivity contribution in [2.75, 3.05) is 52.6 Å². The molecule has 10 nitrogen and oxygen atoms in total. The summed E-state index contributed by atoms with van der Waals surface area (Å²) in [4.78, 5) is 24.1. The highest BCUT2D eigenvalue weighted by Crippen LogP contribution is 2.44. The molecule has 2 aliphatic rings. The van der Waals surface area contributed by atoms with Gasteiger partial charge in [0.1, 0.15) is 12.4 Å². The molecule has 0 amide bonds. The summed E-state index contributed by atoms with van der Waals surface area (Å²) in [6.45, 7) is 1.24. The molecule has 3 heterocycles. The van der Waals surface area contributed by atoms with Gasteiger partial charge in [0.15, 0.2) is 11.2 Å². The van der Waals surface area contributed by atoms with Crippen LogP contribution in [-0.4, -0.2) is 79.3 Å². The van der Waals surface area contributed by atoms with Gasteiger partial charge in [0.2, 0.25) is 0 Å². The van der Waals surface area contributed by atoms with Crippen LogP contribution in [0.5, 0.6) is 0 Å². The summed E-state index contributed by atoms with van der Waals surface area (Å²) in [5.74, 6) is 0.318. The van der Waals surface area contributed by atoms with E-state index >= 15 is 0 Å². The Hall–Kier alpha value is -3.25. The molecule has 1 fully saturated rings. The minimum Gasteiger partial charge on any atom is -0.461 e. The summed E-state index contributed by atoms with van der Waals surface area (Å²) in [7, 11) is 3.19. The standard InChI is InChI=1S/C31H39N5O5S/c1-38-15-17-40-30(37)31(41-18-16-39-2)13-11-22(12-14-31)26-27(42-3)28(32)36-29(35-26)24(20-34-36)23-9-10-25(33-19-23)21-7-5-4-6-8-21/h4-9,19-20,22,25H,10-18,32H2,1-3H3. The largest absolute Gasteiger partial charge is 0.461 e. The molecule has 1 aliphatic carbocycles. The lowest BCUT2D eigenvalue weighted by molar-refractivity contribution is -0.181. The predicted molar refractivity (Wildman–Crippen MR) is 164 cm³/mol. The summed E-state index contributed by atoms with van der Waals surface area (Å²) in [5.41, 5.74) is 10.4. The van der Waals surface area contributed by atoms with Crippen molar-refractivity contribution in [2.24, 2.45) is 4.99 Å². The zero-order valence-corrected chi connectivity index (χ0v) is 25.3. The van der Waals surface area contributed by atoms with Crippen LogP contribution >= 0.6 is 11.8 Å². The Kier molecular flexibility index (Phi) is 9.94. The number of nitrogens with zero attached hydrogens (tertiary/aromatic N) is 4. The molecule has 11 heteroatoms. The SMILES string of the molecule is COCCOC(=O)C1(OCCOC)CCC(c2nc3c(C4=CCC(c5ccccc5)N=C4)cnn3c(N)c2SC)CC1. The molecule has 1 aliphatic heterocycles. The van der Waals surface area contributed by atoms with Crippen LogP contribution in [0.2, 0.25) is 0 Å². The minimum absolute atomic E-state index is 0.100. The minimum atomic E-state index is -1.02. The number of esters is 1. The van der Waals surface area contributed by atoms with Gasteiger partial charge in [-0.25, -0.2) is 9.78 Å². The maximum atomic E-state index is 13.2. The monoisotopic (exact) mass is 593 g/mol. The van der Waals surface area contributed by atoms with E-state index in [1.165, 1.54) is 5.56 Å². The molecule has 2 N–H and O–H groups in total. The highest BCUT2D eigenvalue weighted by atomic mass is 32.2. The topological polar surface area (TPSA) is 123 Å². The summed E-state index contributed by atoms with van der Waals surface area (Å²) in [6, 6.07) is 10.4. The maximum absolute atomic E-state index is 13.2. The third-order valence-corrected chi connectivity index (χ3v) is 8.88. The van der Waals surface area contributed by atoms with Gasteiger partial charge in [0.25, 0.3) is 0 Å². The van der Waals surface area contributed by atoms with Gasteiger partial charge >= 0.3 is 5.97 Å². The molecule has 0 saturated heterocycles. The van der Waals surface area contributed by atoms with Crippen LogP contribution < -0.4 is 5.73 Å². The number of aromatic nitrogens is 3. The average molecular weight is 594 g/mol. The number of hydrogen-bond donors (Lipinski definition) is 1. The second-order valence-electron chi connectivity index (χ2n) is 10.5. The molecule has 1 saturated carbocycles. The smallest absolute Gasteiger partial charge is 0.338 e. The average Bonchev–Trinajstić information content (AvgIpc) is 3.46. The van der Waals surface area contributed by atoms with Crippen LogP contribution in [-0.2, 0) is 23.7 Å². The molecule has 0 spiro atoms. The van der Waals surface area contributed by atoms with Gasteiger partial charge in [0, 0.05) is 37.5 Å². The third kappa shape index (κ3) is 6.24. The number of nitrogen functional groups attached to an aromatic ring is 1. The van der Waals surface area contributed by atoms with Crippen molar-refractivity contribution in [3.8, 4) is 0 Å². The Balaban J connectivity index is 1.39. The number of carbonyl (C=O) groups excluding carboxylic acids is 1. The normalized spacial score (nSPS) is 22.3. The Morgan fingerprint density at radius 2 is 1.83 bits per heavy atom. The van der Waals surface area contributed by atoms with Crippen molar-refractivity contribution in [3.63, 3.8) is 0 Å². The number of fused-ring (bicyclic) bond motifs is 1. The second kappa shape index (κ2) is 13.8. The summed E-state index contributed by atoms with van der Waals surface area (Å²) in [6.07, 6.45) is 11.2. The molecular formula is C31H39N5O5S. The van der Waals surface area contributed by atoms with Crippen molar-refractivity contribution in [3.05, 3.63) is 59.4 Å². The number of rotatable bonds is 12. The molecule has 1 aromatic carbocycles. The van der Waals surface area contributed by atoms with Crippen molar-refractivity contribution < 1.29 is 23.7 Å². The lowest BCUT2D eigenvalue weighted by atomic mass is 9.77. The molecule has 224 valence electrons. The second-order valence-corrected chi connectivity index (χ2v) is 11.4. The van der Waals surface area contributed by atoms with Crippen LogP contribution in [0.4, 0.5) is 5.82 Å². The molecule has 5 rings (SSSR count). The number of nitrogens with two attached hydrogens (primary N) is 1. The van der Waals surface area contributed by atoms with Crippen molar-refractivity contribution in [2.45, 2.75) is 54.6 Å². The van der Waals surface area contributed by atoms with E-state index < -0.39 is 5.60 Å². The number of ether oxygens (including phenoxy) is 4. The van der Waals surface area contributed by atoms with Gasteiger partial charge in [-0.3, -0.25) is 4.99 Å². The fourth-order valence-corrected chi connectivity index (χ4v) is 6.46. The molecule has 2 aromatic heterocycles. The first-order chi connectivity index (χ1) is 20.5. The fraction of sp³-hybridized carbons (Fsp3) is 0.484. The van der Waals surface area contributed by atoms with E-state index in [0.29, 0.717) is 57.0 Å². The number of benzene rings is 1. The fourth-order valence-electron chi connectivity index (χ4n) is 5.74. The summed E-state index contributed by atoms with van der Waals surface area (Å²) < 4.78 is 23.6. The third-order valence-electron chi connectivity index (χ3n) is 8.06. The van der Waals surface area contributed by atoms with E-state index in [1.54, 1.807) is 30.5 Å². The van der Waals surface area contributed by atoms with E-state index in [2.05, 4.69) is 23.3 Å². The number of allylic oxidation sites excluding steroid dienone is 1. The first kappa shape index (κ1) is 30.2.